The van der Waals surface area contributed by atoms with Gasteiger partial charge in [0.1, 0.15) is 0 Å². The fourth-order valence-electron chi connectivity index (χ4n) is 2.17. The van der Waals surface area contributed by atoms with E-state index in [9.17, 15) is 0 Å². The van der Waals surface area contributed by atoms with Gasteiger partial charge in [-0.15, -0.1) is 11.3 Å². The first-order valence-electron chi connectivity index (χ1n) is 6.15. The molecule has 1 aromatic rings. The second-order valence-corrected chi connectivity index (χ2v) is 6.35. The average Bonchev–Trinajstić information content (AvgIpc) is 2.63. The number of nitrogens with two attached hydrogens (primary N) is 1. The molecule has 0 aliphatic carbocycles. The maximum Gasteiger partial charge on any atom is 0.0285 e. The summed E-state index contributed by atoms with van der Waals surface area (Å²) in [7, 11) is 0. The number of rotatable bonds is 7. The molecule has 1 aromatic heterocycles. The van der Waals surface area contributed by atoms with E-state index >= 15 is 0 Å². The average molecular weight is 304 g/mol. The lowest BCUT2D eigenvalue weighted by Crippen LogP contribution is -2.32. The van der Waals surface area contributed by atoms with E-state index in [1.54, 1.807) is 11.3 Å². The molecule has 2 N–H and O–H groups in total. The third-order valence-corrected chi connectivity index (χ3v) is 4.70. The van der Waals surface area contributed by atoms with Crippen LogP contribution in [-0.2, 0) is 6.42 Å². The SMILES string of the molecule is CCCC(CCC)C(N)Cc1cc(Br)cs1. The first-order chi connectivity index (χ1) is 7.67. The van der Waals surface area contributed by atoms with E-state index < -0.39 is 0 Å². The van der Waals surface area contributed by atoms with Crippen LogP contribution in [0.15, 0.2) is 15.9 Å². The number of thiophene rings is 1. The first kappa shape index (κ1) is 14.2. The summed E-state index contributed by atoms with van der Waals surface area (Å²) in [5, 5.41) is 2.14. The van der Waals surface area contributed by atoms with Crippen molar-refractivity contribution in [2.75, 3.05) is 0 Å². The third-order valence-electron chi connectivity index (χ3n) is 2.98. The molecule has 1 atom stereocenters. The molecule has 0 saturated heterocycles. The van der Waals surface area contributed by atoms with Gasteiger partial charge in [-0.05, 0) is 47.2 Å². The van der Waals surface area contributed by atoms with Gasteiger partial charge in [0.2, 0.25) is 0 Å². The molecule has 1 heterocycles. The van der Waals surface area contributed by atoms with E-state index in [0.29, 0.717) is 12.0 Å². The Kier molecular flexibility index (Phi) is 6.62. The quantitative estimate of drug-likeness (QED) is 0.783. The van der Waals surface area contributed by atoms with E-state index in [1.807, 2.05) is 0 Å². The predicted octanol–water partition coefficient (Wildman–Crippen LogP) is 4.60. The van der Waals surface area contributed by atoms with Gasteiger partial charge in [-0.2, -0.15) is 0 Å². The van der Waals surface area contributed by atoms with Crippen molar-refractivity contribution in [3.05, 3.63) is 20.8 Å². The van der Waals surface area contributed by atoms with Crippen molar-refractivity contribution in [3.8, 4) is 0 Å². The fourth-order valence-corrected chi connectivity index (χ4v) is 3.70. The minimum absolute atomic E-state index is 0.324. The Morgan fingerprint density at radius 1 is 1.31 bits per heavy atom. The van der Waals surface area contributed by atoms with Crippen molar-refractivity contribution in [2.45, 2.75) is 52.0 Å². The molecule has 0 radical (unpaired) electrons. The smallest absolute Gasteiger partial charge is 0.0285 e. The van der Waals surface area contributed by atoms with Gasteiger partial charge in [-0.1, -0.05) is 26.7 Å². The first-order valence-corrected chi connectivity index (χ1v) is 7.83. The molecule has 0 saturated carbocycles. The minimum atomic E-state index is 0.324. The van der Waals surface area contributed by atoms with Crippen LogP contribution >= 0.6 is 27.3 Å². The molecular formula is C13H22BrNS. The zero-order chi connectivity index (χ0) is 12.0. The molecule has 0 amide bonds. The van der Waals surface area contributed by atoms with Gasteiger partial charge >= 0.3 is 0 Å². The van der Waals surface area contributed by atoms with Gasteiger partial charge < -0.3 is 5.73 Å². The molecule has 0 aromatic carbocycles. The largest absolute Gasteiger partial charge is 0.327 e. The van der Waals surface area contributed by atoms with Crippen molar-refractivity contribution in [1.29, 1.82) is 0 Å². The molecule has 0 aliphatic heterocycles. The Morgan fingerprint density at radius 2 is 1.94 bits per heavy atom. The molecular weight excluding hydrogens is 282 g/mol. The molecule has 0 fully saturated rings. The minimum Gasteiger partial charge on any atom is -0.327 e. The van der Waals surface area contributed by atoms with E-state index in [4.69, 9.17) is 5.73 Å². The highest BCUT2D eigenvalue weighted by Crippen LogP contribution is 2.24. The van der Waals surface area contributed by atoms with Crippen molar-refractivity contribution >= 4 is 27.3 Å². The molecule has 3 heteroatoms. The van der Waals surface area contributed by atoms with Crippen molar-refractivity contribution < 1.29 is 0 Å². The molecule has 16 heavy (non-hydrogen) atoms. The second kappa shape index (κ2) is 7.46. The molecule has 0 spiro atoms. The van der Waals surface area contributed by atoms with E-state index in [-0.39, 0.29) is 0 Å². The highest BCUT2D eigenvalue weighted by Gasteiger charge is 2.17. The Bertz CT molecular complexity index is 292. The summed E-state index contributed by atoms with van der Waals surface area (Å²) in [5.74, 6) is 0.691. The van der Waals surface area contributed by atoms with Crippen LogP contribution in [-0.4, -0.2) is 6.04 Å². The van der Waals surface area contributed by atoms with Crippen molar-refractivity contribution in [2.24, 2.45) is 11.7 Å². The number of hydrogen-bond acceptors (Lipinski definition) is 2. The zero-order valence-electron chi connectivity index (χ0n) is 10.2. The topological polar surface area (TPSA) is 26.0 Å². The lowest BCUT2D eigenvalue weighted by molar-refractivity contribution is 0.361. The Labute approximate surface area is 112 Å². The summed E-state index contributed by atoms with van der Waals surface area (Å²) in [5.41, 5.74) is 6.32. The highest BCUT2D eigenvalue weighted by atomic mass is 79.9. The number of hydrogen-bond donors (Lipinski definition) is 1. The van der Waals surface area contributed by atoms with Gasteiger partial charge in [0, 0.05) is 20.8 Å². The maximum atomic E-state index is 6.32. The van der Waals surface area contributed by atoms with Gasteiger partial charge in [-0.3, -0.25) is 0 Å². The van der Waals surface area contributed by atoms with Crippen LogP contribution < -0.4 is 5.73 Å². The zero-order valence-corrected chi connectivity index (χ0v) is 12.6. The molecule has 1 unspecified atom stereocenters. The predicted molar refractivity (Wildman–Crippen MR) is 77.0 cm³/mol. The van der Waals surface area contributed by atoms with Gasteiger partial charge in [0.05, 0.1) is 0 Å². The van der Waals surface area contributed by atoms with Crippen LogP contribution in [0.5, 0.6) is 0 Å². The van der Waals surface area contributed by atoms with Gasteiger partial charge in [0.25, 0.3) is 0 Å². The van der Waals surface area contributed by atoms with E-state index in [0.717, 1.165) is 6.42 Å². The van der Waals surface area contributed by atoms with Crippen molar-refractivity contribution in [3.63, 3.8) is 0 Å². The van der Waals surface area contributed by atoms with Gasteiger partial charge in [-0.25, -0.2) is 0 Å². The lowest BCUT2D eigenvalue weighted by atomic mass is 9.89. The Morgan fingerprint density at radius 3 is 2.38 bits per heavy atom. The Hall–Kier alpha value is 0.140. The molecule has 1 nitrogen and oxygen atoms in total. The maximum absolute atomic E-state index is 6.32. The van der Waals surface area contributed by atoms with Crippen LogP contribution in [0.2, 0.25) is 0 Å². The van der Waals surface area contributed by atoms with E-state index in [2.05, 4.69) is 41.2 Å². The summed E-state index contributed by atoms with van der Waals surface area (Å²) >= 11 is 5.29. The molecule has 1 rings (SSSR count). The molecule has 0 bridgehead atoms. The lowest BCUT2D eigenvalue weighted by Gasteiger charge is -2.22. The molecule has 0 aliphatic rings. The molecule has 92 valence electrons. The normalized spacial score (nSPS) is 13.3. The van der Waals surface area contributed by atoms with Gasteiger partial charge in [0.15, 0.2) is 0 Å². The van der Waals surface area contributed by atoms with Crippen LogP contribution in [0.1, 0.15) is 44.4 Å². The summed E-state index contributed by atoms with van der Waals surface area (Å²) in [6.45, 7) is 4.49. The standard InChI is InChI=1S/C13H22BrNS/c1-3-5-10(6-4-2)13(15)8-12-7-11(14)9-16-12/h7,9-10,13H,3-6,8,15H2,1-2H3. The Balaban J connectivity index is 2.50. The highest BCUT2D eigenvalue weighted by molar-refractivity contribution is 9.10. The van der Waals surface area contributed by atoms with Crippen LogP contribution in [0, 0.1) is 5.92 Å². The summed E-state index contributed by atoms with van der Waals surface area (Å²) in [6, 6.07) is 2.52. The summed E-state index contributed by atoms with van der Waals surface area (Å²) < 4.78 is 1.18. The van der Waals surface area contributed by atoms with Crippen LogP contribution in [0.3, 0.4) is 0 Å². The van der Waals surface area contributed by atoms with E-state index in [1.165, 1.54) is 35.0 Å². The summed E-state index contributed by atoms with van der Waals surface area (Å²) in [6.07, 6.45) is 6.04. The summed E-state index contributed by atoms with van der Waals surface area (Å²) in [4.78, 5) is 1.40. The van der Waals surface area contributed by atoms with Crippen molar-refractivity contribution in [1.82, 2.24) is 0 Å². The monoisotopic (exact) mass is 303 g/mol. The third kappa shape index (κ3) is 4.56. The second-order valence-electron chi connectivity index (χ2n) is 4.44. The number of halogens is 1. The van der Waals surface area contributed by atoms with Crippen LogP contribution in [0.25, 0.3) is 0 Å². The fraction of sp³-hybridized carbons (Fsp3) is 0.692. The van der Waals surface area contributed by atoms with Crippen LogP contribution in [0.4, 0.5) is 0 Å².